The van der Waals surface area contributed by atoms with Gasteiger partial charge in [-0.05, 0) is 48.2 Å². The predicted molar refractivity (Wildman–Crippen MR) is 116 cm³/mol. The summed E-state index contributed by atoms with van der Waals surface area (Å²) in [5.41, 5.74) is 2.48. The number of aliphatic imine (C=N–C) groups is 1. The van der Waals surface area contributed by atoms with Crippen molar-refractivity contribution >= 4 is 11.9 Å². The van der Waals surface area contributed by atoms with E-state index in [1.54, 1.807) is 38.4 Å². The van der Waals surface area contributed by atoms with Crippen LogP contribution in [0, 0.1) is 0 Å². The molecule has 2 aromatic carbocycles. The zero-order valence-corrected chi connectivity index (χ0v) is 17.9. The number of ether oxygens (including phenoxy) is 2. The first-order valence-electron chi connectivity index (χ1n) is 9.84. The van der Waals surface area contributed by atoms with Gasteiger partial charge in [0.15, 0.2) is 17.5 Å². The summed E-state index contributed by atoms with van der Waals surface area (Å²) in [5, 5.41) is 9.02. The fourth-order valence-corrected chi connectivity index (χ4v) is 2.95. The highest BCUT2D eigenvalue weighted by Crippen LogP contribution is 2.29. The molecule has 0 saturated carbocycles. The van der Waals surface area contributed by atoms with Gasteiger partial charge in [0, 0.05) is 32.7 Å². The summed E-state index contributed by atoms with van der Waals surface area (Å²) in [6.45, 7) is -1.74. The van der Waals surface area contributed by atoms with Crippen molar-refractivity contribution in [2.75, 3.05) is 34.3 Å². The first-order valence-corrected chi connectivity index (χ1v) is 9.84. The van der Waals surface area contributed by atoms with Crippen molar-refractivity contribution in [2.24, 2.45) is 4.99 Å². The lowest BCUT2D eigenvalue weighted by molar-refractivity contribution is -0.0512. The SMILES string of the molecule is CN=C(NCCc1cccc(C(=O)NC)c1)NCCc1ccc(OC)c(OC(F)F)c1. The Bertz CT molecular complexity index is 891. The summed E-state index contributed by atoms with van der Waals surface area (Å²) in [6.07, 6.45) is 1.30. The maximum absolute atomic E-state index is 12.6. The Labute approximate surface area is 180 Å². The number of rotatable bonds is 10. The topological polar surface area (TPSA) is 84.0 Å². The number of guanidine groups is 1. The zero-order valence-electron chi connectivity index (χ0n) is 17.9. The van der Waals surface area contributed by atoms with Gasteiger partial charge in [-0.2, -0.15) is 8.78 Å². The van der Waals surface area contributed by atoms with E-state index in [2.05, 4.69) is 25.7 Å². The van der Waals surface area contributed by atoms with Gasteiger partial charge in [-0.3, -0.25) is 9.79 Å². The smallest absolute Gasteiger partial charge is 0.387 e. The van der Waals surface area contributed by atoms with Gasteiger partial charge in [-0.15, -0.1) is 0 Å². The number of alkyl halides is 2. The zero-order chi connectivity index (χ0) is 22.6. The average molecular weight is 434 g/mol. The summed E-state index contributed by atoms with van der Waals surface area (Å²) in [5.74, 6) is 0.777. The van der Waals surface area contributed by atoms with Crippen LogP contribution in [-0.4, -0.2) is 52.8 Å². The molecular weight excluding hydrogens is 406 g/mol. The predicted octanol–water partition coefficient (Wildman–Crippen LogP) is 2.61. The lowest BCUT2D eigenvalue weighted by Crippen LogP contribution is -2.39. The van der Waals surface area contributed by atoms with Gasteiger partial charge in [-0.25, -0.2) is 0 Å². The maximum atomic E-state index is 12.6. The van der Waals surface area contributed by atoms with Crippen molar-refractivity contribution in [3.8, 4) is 11.5 Å². The third kappa shape index (κ3) is 7.76. The van der Waals surface area contributed by atoms with Gasteiger partial charge in [0.2, 0.25) is 0 Å². The van der Waals surface area contributed by atoms with Crippen molar-refractivity contribution in [3.05, 3.63) is 59.2 Å². The van der Waals surface area contributed by atoms with Crippen LogP contribution in [0.4, 0.5) is 8.78 Å². The molecule has 168 valence electrons. The van der Waals surface area contributed by atoms with E-state index in [1.807, 2.05) is 18.2 Å². The summed E-state index contributed by atoms with van der Waals surface area (Å²) >= 11 is 0. The highest BCUT2D eigenvalue weighted by molar-refractivity contribution is 5.94. The van der Waals surface area contributed by atoms with Gasteiger partial charge in [-0.1, -0.05) is 18.2 Å². The second-order valence-corrected chi connectivity index (χ2v) is 6.57. The number of nitrogens with one attached hydrogen (secondary N) is 3. The fraction of sp³-hybridized carbons (Fsp3) is 0.364. The number of benzene rings is 2. The lowest BCUT2D eigenvalue weighted by Gasteiger charge is -2.14. The number of halogens is 2. The molecule has 2 rings (SSSR count). The quantitative estimate of drug-likeness (QED) is 0.396. The molecule has 7 nitrogen and oxygen atoms in total. The molecule has 0 saturated heterocycles. The molecule has 0 aromatic heterocycles. The summed E-state index contributed by atoms with van der Waals surface area (Å²) < 4.78 is 34.7. The number of hydrogen-bond donors (Lipinski definition) is 3. The number of carbonyl (C=O) groups excluding carboxylic acids is 1. The Morgan fingerprint density at radius 1 is 1.03 bits per heavy atom. The largest absolute Gasteiger partial charge is 0.493 e. The highest BCUT2D eigenvalue weighted by atomic mass is 19.3. The van der Waals surface area contributed by atoms with Crippen LogP contribution in [0.1, 0.15) is 21.5 Å². The minimum Gasteiger partial charge on any atom is -0.493 e. The van der Waals surface area contributed by atoms with E-state index in [9.17, 15) is 13.6 Å². The van der Waals surface area contributed by atoms with E-state index in [0.717, 1.165) is 17.5 Å². The number of amides is 1. The molecule has 31 heavy (non-hydrogen) atoms. The number of hydrogen-bond acceptors (Lipinski definition) is 4. The third-order valence-corrected chi connectivity index (χ3v) is 4.50. The number of carbonyl (C=O) groups is 1. The van der Waals surface area contributed by atoms with Crippen molar-refractivity contribution in [3.63, 3.8) is 0 Å². The van der Waals surface area contributed by atoms with Gasteiger partial charge in [0.25, 0.3) is 5.91 Å². The van der Waals surface area contributed by atoms with E-state index >= 15 is 0 Å². The first kappa shape index (κ1) is 23.9. The van der Waals surface area contributed by atoms with E-state index < -0.39 is 6.61 Å². The van der Waals surface area contributed by atoms with Gasteiger partial charge in [0.05, 0.1) is 7.11 Å². The molecular formula is C22H28F2N4O3. The summed E-state index contributed by atoms with van der Waals surface area (Å²) in [7, 11) is 4.67. The molecule has 0 aliphatic rings. The molecule has 0 unspecified atom stereocenters. The van der Waals surface area contributed by atoms with E-state index in [0.29, 0.717) is 31.0 Å². The Balaban J connectivity index is 1.82. The number of nitrogens with zero attached hydrogens (tertiary/aromatic N) is 1. The van der Waals surface area contributed by atoms with Crippen LogP contribution in [0.3, 0.4) is 0 Å². The van der Waals surface area contributed by atoms with Crippen LogP contribution in [0.15, 0.2) is 47.5 Å². The van der Waals surface area contributed by atoms with Crippen molar-refractivity contribution in [1.29, 1.82) is 0 Å². The summed E-state index contributed by atoms with van der Waals surface area (Å²) in [4.78, 5) is 15.9. The Kier molecular flexibility index (Phi) is 9.54. The van der Waals surface area contributed by atoms with Crippen LogP contribution >= 0.6 is 0 Å². The highest BCUT2D eigenvalue weighted by Gasteiger charge is 2.11. The van der Waals surface area contributed by atoms with Crippen molar-refractivity contribution in [1.82, 2.24) is 16.0 Å². The first-order chi connectivity index (χ1) is 15.0. The molecule has 0 bridgehead atoms. The molecule has 9 heteroatoms. The molecule has 3 N–H and O–H groups in total. The lowest BCUT2D eigenvalue weighted by atomic mass is 10.1. The van der Waals surface area contributed by atoms with Crippen LogP contribution in [0.25, 0.3) is 0 Å². The molecule has 0 atom stereocenters. The number of methoxy groups -OCH3 is 1. The van der Waals surface area contributed by atoms with Crippen LogP contribution in [0.2, 0.25) is 0 Å². The molecule has 2 aromatic rings. The Morgan fingerprint density at radius 2 is 1.71 bits per heavy atom. The minimum atomic E-state index is -2.91. The summed E-state index contributed by atoms with van der Waals surface area (Å²) in [6, 6.07) is 12.4. The van der Waals surface area contributed by atoms with Gasteiger partial charge in [0.1, 0.15) is 0 Å². The van der Waals surface area contributed by atoms with E-state index in [4.69, 9.17) is 4.74 Å². The second-order valence-electron chi connectivity index (χ2n) is 6.57. The normalized spacial score (nSPS) is 11.2. The Hall–Kier alpha value is -3.36. The van der Waals surface area contributed by atoms with E-state index in [-0.39, 0.29) is 17.4 Å². The average Bonchev–Trinajstić information content (AvgIpc) is 2.77. The van der Waals surface area contributed by atoms with Crippen molar-refractivity contribution in [2.45, 2.75) is 19.5 Å². The minimum absolute atomic E-state index is 0.0106. The molecule has 0 aliphatic carbocycles. The molecule has 0 spiro atoms. The van der Waals surface area contributed by atoms with Crippen LogP contribution in [-0.2, 0) is 12.8 Å². The van der Waals surface area contributed by atoms with Gasteiger partial charge >= 0.3 is 6.61 Å². The molecule has 1 amide bonds. The standard InChI is InChI=1S/C22H28F2N4O3/c1-25-20(29)17-6-4-5-15(13-17)9-11-27-22(26-2)28-12-10-16-7-8-18(30-3)19(14-16)31-21(23)24/h4-8,13-14,21H,9-12H2,1-3H3,(H,25,29)(H2,26,27,28). The fourth-order valence-electron chi connectivity index (χ4n) is 2.95. The molecule has 0 fully saturated rings. The van der Waals surface area contributed by atoms with Crippen LogP contribution in [0.5, 0.6) is 11.5 Å². The monoisotopic (exact) mass is 434 g/mol. The second kappa shape index (κ2) is 12.4. The van der Waals surface area contributed by atoms with Gasteiger partial charge < -0.3 is 25.4 Å². The molecule has 0 radical (unpaired) electrons. The van der Waals surface area contributed by atoms with Crippen LogP contribution < -0.4 is 25.4 Å². The molecule has 0 aliphatic heterocycles. The van der Waals surface area contributed by atoms with E-state index in [1.165, 1.54) is 7.11 Å². The third-order valence-electron chi connectivity index (χ3n) is 4.50. The maximum Gasteiger partial charge on any atom is 0.387 e. The Morgan fingerprint density at radius 3 is 2.29 bits per heavy atom. The molecule has 0 heterocycles. The van der Waals surface area contributed by atoms with Crippen molar-refractivity contribution < 1.29 is 23.0 Å².